The Bertz CT molecular complexity index is 375. The Kier molecular flexibility index (Phi) is 12.9. The molecule has 2 amide bonds. The fourth-order valence-electron chi connectivity index (χ4n) is 1.87. The zero-order valence-electron chi connectivity index (χ0n) is 16.1. The van der Waals surface area contributed by atoms with Crippen molar-refractivity contribution in [2.45, 2.75) is 73.0 Å². The van der Waals surface area contributed by atoms with Crippen LogP contribution in [0.25, 0.3) is 0 Å². The summed E-state index contributed by atoms with van der Waals surface area (Å²) in [6, 6.07) is 0.280. The molecule has 1 fully saturated rings. The van der Waals surface area contributed by atoms with Crippen molar-refractivity contribution in [1.82, 2.24) is 10.2 Å². The Labute approximate surface area is 145 Å². The van der Waals surface area contributed by atoms with E-state index in [1.807, 2.05) is 6.92 Å². The van der Waals surface area contributed by atoms with E-state index in [2.05, 4.69) is 26.1 Å². The normalized spacial score (nSPS) is 16.3. The molecule has 0 aromatic rings. The predicted molar refractivity (Wildman–Crippen MR) is 93.9 cm³/mol. The lowest BCUT2D eigenvalue weighted by Crippen LogP contribution is -2.43. The molecule has 1 rings (SSSR count). The number of carbonyl (C=O) groups excluding carboxylic acids is 2. The molecular formula is C17H34N2O5. The summed E-state index contributed by atoms with van der Waals surface area (Å²) in [7, 11) is 0. The van der Waals surface area contributed by atoms with Crippen LogP contribution in [0.1, 0.15) is 61.3 Å². The van der Waals surface area contributed by atoms with E-state index < -0.39 is 11.7 Å². The van der Waals surface area contributed by atoms with E-state index in [-0.39, 0.29) is 25.0 Å². The lowest BCUT2D eigenvalue weighted by atomic mass is 10.2. The van der Waals surface area contributed by atoms with Gasteiger partial charge in [0.15, 0.2) is 0 Å². The van der Waals surface area contributed by atoms with Crippen molar-refractivity contribution in [3.8, 4) is 0 Å². The van der Waals surface area contributed by atoms with Crippen LogP contribution in [0.15, 0.2) is 0 Å². The molecule has 2 N–H and O–H groups in total. The van der Waals surface area contributed by atoms with E-state index in [1.54, 1.807) is 25.7 Å². The average molecular weight is 346 g/mol. The Hall–Kier alpha value is -1.79. The lowest BCUT2D eigenvalue weighted by molar-refractivity contribution is -0.130. The Balaban J connectivity index is 0. The number of nitrogens with one attached hydrogen (secondary N) is 1. The topological polar surface area (TPSA) is 95.9 Å². The standard InChI is InChI=1S/C12H22N2O3.C4H10.CH2O2/c1-9-6-5-7-14(9)10(15)8-13-11(16)17-12(2,3)4;1-4(2)3;2-1-3/h9H,5-8H2,1-4H3,(H,13,16);4H,1-3H3;1H,(H,2,3)/t9-;;/m1../s1. The maximum atomic E-state index is 11.8. The predicted octanol–water partition coefficient (Wildman–Crippen LogP) is 2.89. The minimum absolute atomic E-state index is 0.0131. The number of likely N-dealkylation sites (tertiary alicyclic amines) is 1. The number of rotatable bonds is 2. The minimum atomic E-state index is -0.544. The molecular weight excluding hydrogens is 312 g/mol. The van der Waals surface area contributed by atoms with E-state index in [0.29, 0.717) is 0 Å². The number of ether oxygens (including phenoxy) is 1. The third-order valence-electron chi connectivity index (χ3n) is 2.66. The van der Waals surface area contributed by atoms with Gasteiger partial charge in [-0.25, -0.2) is 4.79 Å². The summed E-state index contributed by atoms with van der Waals surface area (Å²) in [5.41, 5.74) is -0.534. The number of nitrogens with zero attached hydrogens (tertiary/aromatic N) is 1. The molecule has 1 heterocycles. The molecule has 7 nitrogen and oxygen atoms in total. The highest BCUT2D eigenvalue weighted by Crippen LogP contribution is 2.15. The van der Waals surface area contributed by atoms with Crippen LogP contribution in [-0.2, 0) is 14.3 Å². The minimum Gasteiger partial charge on any atom is -0.483 e. The second kappa shape index (κ2) is 12.6. The zero-order chi connectivity index (χ0) is 19.3. The van der Waals surface area contributed by atoms with E-state index in [0.717, 1.165) is 25.3 Å². The van der Waals surface area contributed by atoms with Crippen LogP contribution in [0.3, 0.4) is 0 Å². The molecule has 0 saturated carbocycles. The van der Waals surface area contributed by atoms with Crippen molar-refractivity contribution in [2.75, 3.05) is 13.1 Å². The smallest absolute Gasteiger partial charge is 0.408 e. The van der Waals surface area contributed by atoms with Crippen LogP contribution in [0.5, 0.6) is 0 Å². The molecule has 1 aliphatic heterocycles. The van der Waals surface area contributed by atoms with Gasteiger partial charge in [-0.15, -0.1) is 0 Å². The zero-order valence-corrected chi connectivity index (χ0v) is 16.1. The van der Waals surface area contributed by atoms with Crippen molar-refractivity contribution in [3.05, 3.63) is 0 Å². The highest BCUT2D eigenvalue weighted by Gasteiger charge is 2.25. The van der Waals surface area contributed by atoms with Gasteiger partial charge in [0.05, 0.1) is 0 Å². The van der Waals surface area contributed by atoms with E-state index in [9.17, 15) is 9.59 Å². The molecule has 24 heavy (non-hydrogen) atoms. The first-order chi connectivity index (χ1) is 10.9. The molecule has 0 aromatic carbocycles. The number of amides is 2. The summed E-state index contributed by atoms with van der Waals surface area (Å²) in [5.74, 6) is 0.792. The van der Waals surface area contributed by atoms with Crippen molar-refractivity contribution in [2.24, 2.45) is 5.92 Å². The van der Waals surface area contributed by atoms with Crippen LogP contribution in [-0.4, -0.2) is 53.2 Å². The first kappa shape index (κ1) is 24.5. The molecule has 0 aliphatic carbocycles. The summed E-state index contributed by atoms with van der Waals surface area (Å²) in [6.45, 7) is 14.4. The summed E-state index contributed by atoms with van der Waals surface area (Å²) in [4.78, 5) is 33.3. The first-order valence-electron chi connectivity index (χ1n) is 8.28. The van der Waals surface area contributed by atoms with Gasteiger partial charge in [-0.05, 0) is 46.5 Å². The summed E-state index contributed by atoms with van der Waals surface area (Å²) in [6.07, 6.45) is 1.54. The highest BCUT2D eigenvalue weighted by molar-refractivity contribution is 5.82. The average Bonchev–Trinajstić information content (AvgIpc) is 2.80. The third-order valence-corrected chi connectivity index (χ3v) is 2.66. The van der Waals surface area contributed by atoms with Gasteiger partial charge in [0.25, 0.3) is 6.47 Å². The fourth-order valence-corrected chi connectivity index (χ4v) is 1.87. The molecule has 142 valence electrons. The first-order valence-corrected chi connectivity index (χ1v) is 8.28. The van der Waals surface area contributed by atoms with Gasteiger partial charge in [0.2, 0.25) is 5.91 Å². The number of alkyl carbamates (subject to hydrolysis) is 1. The summed E-state index contributed by atoms with van der Waals surface area (Å²) >= 11 is 0. The third kappa shape index (κ3) is 15.1. The molecule has 0 aromatic heterocycles. The largest absolute Gasteiger partial charge is 0.483 e. The van der Waals surface area contributed by atoms with Crippen molar-refractivity contribution >= 4 is 18.5 Å². The van der Waals surface area contributed by atoms with Crippen molar-refractivity contribution < 1.29 is 24.2 Å². The molecule has 1 atom stereocenters. The van der Waals surface area contributed by atoms with Crippen LogP contribution in [0.4, 0.5) is 4.79 Å². The van der Waals surface area contributed by atoms with Gasteiger partial charge in [-0.1, -0.05) is 20.8 Å². The quantitative estimate of drug-likeness (QED) is 0.750. The number of carbonyl (C=O) groups is 3. The highest BCUT2D eigenvalue weighted by atomic mass is 16.6. The number of hydrogen-bond acceptors (Lipinski definition) is 4. The molecule has 0 unspecified atom stereocenters. The molecule has 1 saturated heterocycles. The SMILES string of the molecule is CC(C)C.C[C@@H]1CCCN1C(=O)CNC(=O)OC(C)(C)C.O=CO. The summed E-state index contributed by atoms with van der Waals surface area (Å²) < 4.78 is 5.06. The second-order valence-electron chi connectivity index (χ2n) is 7.27. The molecule has 0 bridgehead atoms. The summed E-state index contributed by atoms with van der Waals surface area (Å²) in [5, 5.41) is 9.37. The van der Waals surface area contributed by atoms with E-state index in [4.69, 9.17) is 14.6 Å². The lowest BCUT2D eigenvalue weighted by Gasteiger charge is -2.23. The van der Waals surface area contributed by atoms with Gasteiger partial charge in [0, 0.05) is 12.6 Å². The fraction of sp³-hybridized carbons (Fsp3) is 0.824. The Morgan fingerprint density at radius 1 is 1.33 bits per heavy atom. The second-order valence-corrected chi connectivity index (χ2v) is 7.27. The van der Waals surface area contributed by atoms with Gasteiger partial charge in [-0.2, -0.15) is 0 Å². The van der Waals surface area contributed by atoms with Crippen LogP contribution in [0.2, 0.25) is 0 Å². The van der Waals surface area contributed by atoms with E-state index in [1.165, 1.54) is 0 Å². The molecule has 0 spiro atoms. The van der Waals surface area contributed by atoms with Gasteiger partial charge >= 0.3 is 6.09 Å². The van der Waals surface area contributed by atoms with Crippen LogP contribution >= 0.6 is 0 Å². The molecule has 1 aliphatic rings. The number of hydrogen-bond donors (Lipinski definition) is 2. The Morgan fingerprint density at radius 2 is 1.79 bits per heavy atom. The van der Waals surface area contributed by atoms with E-state index >= 15 is 0 Å². The molecule has 7 heteroatoms. The van der Waals surface area contributed by atoms with Crippen molar-refractivity contribution in [1.29, 1.82) is 0 Å². The van der Waals surface area contributed by atoms with Crippen LogP contribution < -0.4 is 5.32 Å². The van der Waals surface area contributed by atoms with Gasteiger partial charge in [-0.3, -0.25) is 9.59 Å². The monoisotopic (exact) mass is 346 g/mol. The van der Waals surface area contributed by atoms with Gasteiger partial charge < -0.3 is 20.1 Å². The van der Waals surface area contributed by atoms with Crippen LogP contribution in [0, 0.1) is 5.92 Å². The van der Waals surface area contributed by atoms with Gasteiger partial charge in [0.1, 0.15) is 12.1 Å². The maximum Gasteiger partial charge on any atom is 0.408 e. The maximum absolute atomic E-state index is 11.8. The molecule has 0 radical (unpaired) electrons. The van der Waals surface area contributed by atoms with Crippen molar-refractivity contribution in [3.63, 3.8) is 0 Å². The number of carboxylic acid groups (broad SMARTS) is 1. The Morgan fingerprint density at radius 3 is 2.12 bits per heavy atom.